The molecule has 4 heteroatoms. The van der Waals surface area contributed by atoms with Crippen LogP contribution < -0.4 is 5.12 Å². The van der Waals surface area contributed by atoms with Crippen LogP contribution in [0.25, 0.3) is 71.1 Å². The smallest absolute Gasteiger partial charge is 0.0826 e. The topological polar surface area (TPSA) is 18.0 Å². The van der Waals surface area contributed by atoms with Gasteiger partial charge in [0.2, 0.25) is 0 Å². The maximum Gasteiger partial charge on any atom is 0.0826 e. The summed E-state index contributed by atoms with van der Waals surface area (Å²) in [7, 11) is 0. The van der Waals surface area contributed by atoms with Gasteiger partial charge in [0.05, 0.1) is 38.8 Å². The molecule has 0 saturated heterocycles. The van der Waals surface area contributed by atoms with Crippen molar-refractivity contribution in [1.29, 1.82) is 0 Å². The van der Waals surface area contributed by atoms with Crippen molar-refractivity contribution in [1.82, 2.24) is 13.9 Å². The van der Waals surface area contributed by atoms with Crippen LogP contribution in [-0.2, 0) is 0 Å². The van der Waals surface area contributed by atoms with Gasteiger partial charge >= 0.3 is 0 Å². The number of benzene rings is 7. The zero-order valence-corrected chi connectivity index (χ0v) is 25.0. The second-order valence-corrected chi connectivity index (χ2v) is 11.9. The van der Waals surface area contributed by atoms with Crippen LogP contribution in [0.1, 0.15) is 0 Å². The lowest BCUT2D eigenvalue weighted by Crippen LogP contribution is -2.34. The van der Waals surface area contributed by atoms with E-state index < -0.39 is 0 Å². The molecular formula is C42H28N4. The van der Waals surface area contributed by atoms with Crippen LogP contribution in [0, 0.1) is 0 Å². The Morgan fingerprint density at radius 3 is 0.913 bits per heavy atom. The Balaban J connectivity index is 1.28. The van der Waals surface area contributed by atoms with Crippen LogP contribution in [0.3, 0.4) is 0 Å². The second-order valence-electron chi connectivity index (χ2n) is 11.9. The summed E-state index contributed by atoms with van der Waals surface area (Å²) in [6, 6.07) is 61.2. The molecule has 216 valence electrons. The molecule has 0 N–H and O–H groups in total. The molecule has 46 heavy (non-hydrogen) atoms. The van der Waals surface area contributed by atoms with Gasteiger partial charge in [-0.25, -0.2) is 9.35 Å². The van der Waals surface area contributed by atoms with Crippen molar-refractivity contribution in [2.24, 2.45) is 0 Å². The number of fused-ring (bicyclic) bond motifs is 9. The lowest BCUT2D eigenvalue weighted by molar-refractivity contribution is 0.675. The molecule has 0 fully saturated rings. The van der Waals surface area contributed by atoms with Crippen molar-refractivity contribution in [3.05, 3.63) is 170 Å². The molecule has 0 amide bonds. The Hall–Kier alpha value is -6.26. The van der Waals surface area contributed by atoms with E-state index in [0.717, 1.165) is 33.4 Å². The summed E-state index contributed by atoms with van der Waals surface area (Å²) in [5.41, 5.74) is 9.20. The SMILES string of the molecule is c1ccc2c(c1)c1ccccc1n2-c1ccc(N(n2c3ccccc3c3ccccc32)n2c3ccccc3c3ccccc32)cc1. The molecule has 0 saturated carbocycles. The van der Waals surface area contributed by atoms with Crippen LogP contribution in [0.5, 0.6) is 0 Å². The van der Waals surface area contributed by atoms with Gasteiger partial charge in [0.1, 0.15) is 0 Å². The fourth-order valence-corrected chi connectivity index (χ4v) is 7.47. The van der Waals surface area contributed by atoms with E-state index in [1.165, 1.54) is 43.4 Å². The minimum Gasteiger partial charge on any atom is -0.309 e. The first kappa shape index (κ1) is 25.1. The van der Waals surface area contributed by atoms with Crippen molar-refractivity contribution < 1.29 is 0 Å². The van der Waals surface area contributed by atoms with E-state index in [0.29, 0.717) is 0 Å². The molecule has 0 aliphatic carbocycles. The van der Waals surface area contributed by atoms with Crippen molar-refractivity contribution in [3.63, 3.8) is 0 Å². The fraction of sp³-hybridized carbons (Fsp3) is 0. The Bertz CT molecular complexity index is 2480. The van der Waals surface area contributed by atoms with E-state index >= 15 is 0 Å². The normalized spacial score (nSPS) is 11.9. The van der Waals surface area contributed by atoms with Crippen LogP contribution >= 0.6 is 0 Å². The Labute approximate surface area is 265 Å². The lowest BCUT2D eigenvalue weighted by atomic mass is 10.2. The molecule has 3 aromatic heterocycles. The number of hydrogen-bond donors (Lipinski definition) is 0. The molecule has 10 aromatic rings. The standard InChI is InChI=1S/C42H28N4/c1-7-19-37-31(13-1)32-14-2-8-20-38(32)43(37)29-25-27-30(28-26-29)46(44-39-21-9-3-15-33(39)34-16-4-10-22-40(34)44)45-41-23-11-5-17-35(41)36-18-6-12-24-42(36)45/h1-28H. The highest BCUT2D eigenvalue weighted by Crippen LogP contribution is 2.37. The molecule has 0 radical (unpaired) electrons. The summed E-state index contributed by atoms with van der Waals surface area (Å²) >= 11 is 0. The van der Waals surface area contributed by atoms with E-state index in [1.54, 1.807) is 0 Å². The Morgan fingerprint density at radius 1 is 0.283 bits per heavy atom. The molecule has 3 heterocycles. The summed E-state index contributed by atoms with van der Waals surface area (Å²) in [5.74, 6) is 0. The highest BCUT2D eigenvalue weighted by atomic mass is 15.8. The van der Waals surface area contributed by atoms with Crippen LogP contribution in [0.4, 0.5) is 5.69 Å². The fourth-order valence-electron chi connectivity index (χ4n) is 7.47. The zero-order valence-electron chi connectivity index (χ0n) is 25.0. The van der Waals surface area contributed by atoms with Gasteiger partial charge in [-0.05, 0) is 60.7 Å². The third-order valence-corrected chi connectivity index (χ3v) is 9.41. The van der Waals surface area contributed by atoms with E-state index in [9.17, 15) is 0 Å². The van der Waals surface area contributed by atoms with E-state index in [2.05, 4.69) is 189 Å². The summed E-state index contributed by atoms with van der Waals surface area (Å²) in [6.45, 7) is 0. The zero-order chi connectivity index (χ0) is 30.2. The average molecular weight is 589 g/mol. The van der Waals surface area contributed by atoms with Gasteiger partial charge in [-0.1, -0.05) is 109 Å². The number of nitrogens with zero attached hydrogens (tertiary/aromatic N) is 4. The number of para-hydroxylation sites is 6. The maximum absolute atomic E-state index is 2.37. The van der Waals surface area contributed by atoms with Crippen LogP contribution in [0.2, 0.25) is 0 Å². The van der Waals surface area contributed by atoms with Gasteiger partial charge in [0.25, 0.3) is 0 Å². The number of hydrogen-bond acceptors (Lipinski definition) is 1. The number of rotatable bonds is 4. The van der Waals surface area contributed by atoms with E-state index in [4.69, 9.17) is 0 Å². The molecular weight excluding hydrogens is 560 g/mol. The lowest BCUT2D eigenvalue weighted by Gasteiger charge is -2.30. The third-order valence-electron chi connectivity index (χ3n) is 9.41. The largest absolute Gasteiger partial charge is 0.309 e. The molecule has 0 bridgehead atoms. The number of anilines is 1. The molecule has 0 aliphatic heterocycles. The number of aromatic nitrogens is 3. The summed E-state index contributed by atoms with van der Waals surface area (Å²) in [6.07, 6.45) is 0. The molecule has 4 nitrogen and oxygen atoms in total. The average Bonchev–Trinajstić information content (AvgIpc) is 3.76. The Kier molecular flexibility index (Phi) is 5.25. The predicted octanol–water partition coefficient (Wildman–Crippen LogP) is 10.7. The summed E-state index contributed by atoms with van der Waals surface area (Å²) < 4.78 is 7.12. The van der Waals surface area contributed by atoms with Gasteiger partial charge in [0.15, 0.2) is 0 Å². The van der Waals surface area contributed by atoms with Crippen molar-refractivity contribution >= 4 is 71.1 Å². The van der Waals surface area contributed by atoms with Crippen molar-refractivity contribution in [2.75, 3.05) is 5.12 Å². The van der Waals surface area contributed by atoms with Gasteiger partial charge in [-0.3, -0.25) is 0 Å². The van der Waals surface area contributed by atoms with Crippen LogP contribution in [-0.4, -0.2) is 13.9 Å². The molecule has 0 aliphatic rings. The highest BCUT2D eigenvalue weighted by Gasteiger charge is 2.23. The van der Waals surface area contributed by atoms with Crippen molar-refractivity contribution in [3.8, 4) is 5.69 Å². The first-order valence-electron chi connectivity index (χ1n) is 15.7. The quantitative estimate of drug-likeness (QED) is 0.200. The van der Waals surface area contributed by atoms with E-state index in [1.807, 2.05) is 0 Å². The molecule has 0 unspecified atom stereocenters. The highest BCUT2D eigenvalue weighted by molar-refractivity contribution is 6.11. The molecule has 7 aromatic carbocycles. The maximum atomic E-state index is 2.37. The van der Waals surface area contributed by atoms with E-state index in [-0.39, 0.29) is 0 Å². The monoisotopic (exact) mass is 588 g/mol. The third kappa shape index (κ3) is 3.44. The van der Waals surface area contributed by atoms with Gasteiger partial charge in [0, 0.05) is 38.0 Å². The minimum atomic E-state index is 1.06. The van der Waals surface area contributed by atoms with Gasteiger partial charge in [-0.2, -0.15) is 5.12 Å². The summed E-state index contributed by atoms with van der Waals surface area (Å²) in [5, 5.41) is 9.79. The first-order chi connectivity index (χ1) is 22.9. The molecule has 0 atom stereocenters. The van der Waals surface area contributed by atoms with Crippen LogP contribution in [0.15, 0.2) is 170 Å². The second kappa shape index (κ2) is 9.62. The minimum absolute atomic E-state index is 1.06. The summed E-state index contributed by atoms with van der Waals surface area (Å²) in [4.78, 5) is 0. The first-order valence-corrected chi connectivity index (χ1v) is 15.7. The molecule has 0 spiro atoms. The van der Waals surface area contributed by atoms with Gasteiger partial charge in [-0.15, -0.1) is 0 Å². The van der Waals surface area contributed by atoms with Crippen molar-refractivity contribution in [2.45, 2.75) is 0 Å². The van der Waals surface area contributed by atoms with Gasteiger partial charge < -0.3 is 4.57 Å². The Morgan fingerprint density at radius 2 is 0.565 bits per heavy atom. The predicted molar refractivity (Wildman–Crippen MR) is 193 cm³/mol. The molecule has 10 rings (SSSR count).